The molecule has 2 amide bonds. The van der Waals surface area contributed by atoms with E-state index in [2.05, 4.69) is 10.6 Å². The number of ether oxygens (including phenoxy) is 1. The van der Waals surface area contributed by atoms with E-state index in [1.807, 2.05) is 36.4 Å². The van der Waals surface area contributed by atoms with E-state index >= 15 is 0 Å². The van der Waals surface area contributed by atoms with Gasteiger partial charge in [-0.25, -0.2) is 0 Å². The summed E-state index contributed by atoms with van der Waals surface area (Å²) in [6.07, 6.45) is 3.52. The van der Waals surface area contributed by atoms with Crippen molar-refractivity contribution in [1.29, 1.82) is 0 Å². The van der Waals surface area contributed by atoms with Crippen LogP contribution in [0.1, 0.15) is 40.0 Å². The molecule has 3 aromatic rings. The molecule has 29 heavy (non-hydrogen) atoms. The van der Waals surface area contributed by atoms with E-state index in [0.717, 1.165) is 23.6 Å². The van der Waals surface area contributed by atoms with Gasteiger partial charge in [0.2, 0.25) is 0 Å². The van der Waals surface area contributed by atoms with Crippen LogP contribution >= 0.6 is 0 Å². The van der Waals surface area contributed by atoms with Gasteiger partial charge in [0, 0.05) is 12.1 Å². The molecule has 1 saturated carbocycles. The zero-order valence-corrected chi connectivity index (χ0v) is 16.4. The van der Waals surface area contributed by atoms with Gasteiger partial charge in [-0.15, -0.1) is 0 Å². The van der Waals surface area contributed by atoms with Crippen molar-refractivity contribution in [3.63, 3.8) is 0 Å². The highest BCUT2D eigenvalue weighted by atomic mass is 16.5. The molecule has 2 N–H and O–H groups in total. The summed E-state index contributed by atoms with van der Waals surface area (Å²) in [4.78, 5) is 25.9. The smallest absolute Gasteiger partial charge is 0.257 e. The Balaban J connectivity index is 1.62. The van der Waals surface area contributed by atoms with Crippen LogP contribution in [-0.4, -0.2) is 25.5 Å². The summed E-state index contributed by atoms with van der Waals surface area (Å²) < 4.78 is 5.40. The zero-order chi connectivity index (χ0) is 20.2. The van der Waals surface area contributed by atoms with E-state index < -0.39 is 0 Å². The van der Waals surface area contributed by atoms with Crippen LogP contribution < -0.4 is 15.4 Å². The number of benzene rings is 3. The highest BCUT2D eigenvalue weighted by Crippen LogP contribution is 2.29. The highest BCUT2D eigenvalue weighted by molar-refractivity contribution is 6.15. The van der Waals surface area contributed by atoms with Crippen LogP contribution in [0.4, 0.5) is 5.69 Å². The Hall–Kier alpha value is -3.34. The van der Waals surface area contributed by atoms with Crippen molar-refractivity contribution in [2.75, 3.05) is 19.0 Å². The number of hydrogen-bond acceptors (Lipinski definition) is 3. The minimum atomic E-state index is -0.261. The Morgan fingerprint density at radius 3 is 2.48 bits per heavy atom. The minimum absolute atomic E-state index is 0.234. The van der Waals surface area contributed by atoms with E-state index in [-0.39, 0.29) is 11.8 Å². The molecule has 0 unspecified atom stereocenters. The first-order valence-corrected chi connectivity index (χ1v) is 9.91. The lowest BCUT2D eigenvalue weighted by molar-refractivity contribution is 0.0937. The third-order valence-electron chi connectivity index (χ3n) is 5.53. The van der Waals surface area contributed by atoms with E-state index in [9.17, 15) is 9.59 Å². The Labute approximate surface area is 170 Å². The second-order valence-corrected chi connectivity index (χ2v) is 7.37. The second kappa shape index (κ2) is 8.35. The zero-order valence-electron chi connectivity index (χ0n) is 16.4. The summed E-state index contributed by atoms with van der Waals surface area (Å²) in [5.41, 5.74) is 1.35. The Bertz CT molecular complexity index is 1050. The number of anilines is 1. The number of hydrogen-bond donors (Lipinski definition) is 2. The molecule has 1 fully saturated rings. The van der Waals surface area contributed by atoms with Crippen LogP contribution in [-0.2, 0) is 0 Å². The molecule has 0 aromatic heterocycles. The predicted molar refractivity (Wildman–Crippen MR) is 115 cm³/mol. The number of nitrogens with one attached hydrogen (secondary N) is 2. The van der Waals surface area contributed by atoms with Gasteiger partial charge >= 0.3 is 0 Å². The standard InChI is InChI=1S/C24H24N2O3/c1-29-21-14-6-13-20(22(21)24(28)25-15-16-7-4-8-16)26-23(27)19-12-5-10-17-9-2-3-11-18(17)19/h2-3,5-6,9-14,16H,4,7-8,15H2,1H3,(H,25,28)(H,26,27). The molecule has 4 rings (SSSR count). The van der Waals surface area contributed by atoms with Gasteiger partial charge in [0.05, 0.1) is 12.8 Å². The molecule has 0 heterocycles. The third-order valence-corrected chi connectivity index (χ3v) is 5.53. The second-order valence-electron chi connectivity index (χ2n) is 7.37. The Morgan fingerprint density at radius 2 is 1.72 bits per heavy atom. The first-order chi connectivity index (χ1) is 14.2. The molecule has 0 atom stereocenters. The molecule has 5 heteroatoms. The molecule has 0 radical (unpaired) electrons. The Kier molecular flexibility index (Phi) is 5.47. The Morgan fingerprint density at radius 1 is 0.966 bits per heavy atom. The van der Waals surface area contributed by atoms with Crippen LogP contribution in [0.5, 0.6) is 5.75 Å². The molecule has 3 aromatic carbocycles. The largest absolute Gasteiger partial charge is 0.496 e. The van der Waals surface area contributed by atoms with Crippen LogP contribution in [0, 0.1) is 5.92 Å². The van der Waals surface area contributed by atoms with Crippen molar-refractivity contribution in [3.8, 4) is 5.75 Å². The normalized spacial score (nSPS) is 13.6. The van der Waals surface area contributed by atoms with Gasteiger partial charge in [0.15, 0.2) is 0 Å². The van der Waals surface area contributed by atoms with Crippen molar-refractivity contribution in [3.05, 3.63) is 71.8 Å². The maximum absolute atomic E-state index is 13.0. The summed E-state index contributed by atoms with van der Waals surface area (Å²) in [5, 5.41) is 7.76. The van der Waals surface area contributed by atoms with Crippen LogP contribution in [0.2, 0.25) is 0 Å². The van der Waals surface area contributed by atoms with Gasteiger partial charge < -0.3 is 15.4 Å². The number of methoxy groups -OCH3 is 1. The first kappa shape index (κ1) is 19.0. The lowest BCUT2D eigenvalue weighted by Crippen LogP contribution is -2.33. The minimum Gasteiger partial charge on any atom is -0.496 e. The van der Waals surface area contributed by atoms with Gasteiger partial charge in [-0.05, 0) is 47.7 Å². The predicted octanol–water partition coefficient (Wildman–Crippen LogP) is 4.63. The highest BCUT2D eigenvalue weighted by Gasteiger charge is 2.22. The van der Waals surface area contributed by atoms with Crippen LogP contribution in [0.25, 0.3) is 10.8 Å². The number of carbonyl (C=O) groups excluding carboxylic acids is 2. The molecule has 0 saturated heterocycles. The van der Waals surface area contributed by atoms with Crippen molar-refractivity contribution in [2.24, 2.45) is 5.92 Å². The van der Waals surface area contributed by atoms with Crippen molar-refractivity contribution < 1.29 is 14.3 Å². The average Bonchev–Trinajstić information content (AvgIpc) is 2.71. The summed E-state index contributed by atoms with van der Waals surface area (Å²) in [7, 11) is 1.52. The lowest BCUT2D eigenvalue weighted by Gasteiger charge is -2.25. The van der Waals surface area contributed by atoms with Gasteiger partial charge in [-0.3, -0.25) is 9.59 Å². The number of rotatable bonds is 6. The van der Waals surface area contributed by atoms with Gasteiger partial charge in [-0.1, -0.05) is 48.9 Å². The summed E-state index contributed by atoms with van der Waals surface area (Å²) in [6.45, 7) is 0.646. The summed E-state index contributed by atoms with van der Waals surface area (Å²) >= 11 is 0. The molecule has 5 nitrogen and oxygen atoms in total. The summed E-state index contributed by atoms with van der Waals surface area (Å²) in [6, 6.07) is 18.6. The van der Waals surface area contributed by atoms with Crippen LogP contribution in [0.15, 0.2) is 60.7 Å². The average molecular weight is 388 g/mol. The van der Waals surface area contributed by atoms with E-state index in [1.54, 1.807) is 24.3 Å². The van der Waals surface area contributed by atoms with Crippen molar-refractivity contribution in [2.45, 2.75) is 19.3 Å². The lowest BCUT2D eigenvalue weighted by atomic mass is 9.85. The van der Waals surface area contributed by atoms with E-state index in [0.29, 0.717) is 35.0 Å². The fourth-order valence-corrected chi connectivity index (χ4v) is 3.68. The number of amides is 2. The van der Waals surface area contributed by atoms with Crippen molar-refractivity contribution in [1.82, 2.24) is 5.32 Å². The SMILES string of the molecule is COc1cccc(NC(=O)c2cccc3ccccc23)c1C(=O)NCC1CCC1. The molecule has 1 aliphatic carbocycles. The summed E-state index contributed by atoms with van der Waals surface area (Å²) in [5.74, 6) is 0.486. The number of fused-ring (bicyclic) bond motifs is 1. The maximum atomic E-state index is 13.0. The molecule has 0 bridgehead atoms. The van der Waals surface area contributed by atoms with E-state index in [1.165, 1.54) is 13.5 Å². The quantitative estimate of drug-likeness (QED) is 0.647. The molecule has 0 spiro atoms. The number of carbonyl (C=O) groups is 2. The molecule has 0 aliphatic heterocycles. The van der Waals surface area contributed by atoms with Gasteiger partial charge in [-0.2, -0.15) is 0 Å². The van der Waals surface area contributed by atoms with E-state index in [4.69, 9.17) is 4.74 Å². The monoisotopic (exact) mass is 388 g/mol. The first-order valence-electron chi connectivity index (χ1n) is 9.91. The maximum Gasteiger partial charge on any atom is 0.257 e. The van der Waals surface area contributed by atoms with Gasteiger partial charge in [0.25, 0.3) is 11.8 Å². The molecule has 148 valence electrons. The van der Waals surface area contributed by atoms with Gasteiger partial charge in [0.1, 0.15) is 11.3 Å². The fraction of sp³-hybridized carbons (Fsp3) is 0.250. The topological polar surface area (TPSA) is 67.4 Å². The fourth-order valence-electron chi connectivity index (χ4n) is 3.68. The molecular formula is C24H24N2O3. The molecular weight excluding hydrogens is 364 g/mol. The van der Waals surface area contributed by atoms with Crippen LogP contribution in [0.3, 0.4) is 0 Å². The third kappa shape index (κ3) is 3.94. The van der Waals surface area contributed by atoms with Crippen molar-refractivity contribution >= 4 is 28.3 Å². The molecule has 1 aliphatic rings.